The van der Waals surface area contributed by atoms with Gasteiger partial charge >= 0.3 is 0 Å². The molecule has 0 fully saturated rings. The number of hydrogen-bond donors (Lipinski definition) is 0. The number of rotatable bonds is 5. The van der Waals surface area contributed by atoms with Gasteiger partial charge in [-0.25, -0.2) is 0 Å². The van der Waals surface area contributed by atoms with Gasteiger partial charge in [0.2, 0.25) is 0 Å². The van der Waals surface area contributed by atoms with E-state index in [4.69, 9.17) is 27.9 Å². The lowest BCUT2D eigenvalue weighted by molar-refractivity contribution is 0.111. The zero-order valence-electron chi connectivity index (χ0n) is 15.2. The molecule has 0 bridgehead atoms. The second kappa shape index (κ2) is 7.70. The molecular formula is C23H17Cl2NO2. The van der Waals surface area contributed by atoms with Crippen LogP contribution in [0.1, 0.15) is 21.6 Å². The Morgan fingerprint density at radius 3 is 2.50 bits per heavy atom. The maximum Gasteiger partial charge on any atom is 0.167 e. The van der Waals surface area contributed by atoms with Crippen molar-refractivity contribution in [1.29, 1.82) is 0 Å². The fourth-order valence-corrected chi connectivity index (χ4v) is 3.69. The van der Waals surface area contributed by atoms with Crippen molar-refractivity contribution >= 4 is 35.0 Å². The van der Waals surface area contributed by atoms with Crippen LogP contribution in [-0.2, 0) is 6.61 Å². The van der Waals surface area contributed by atoms with E-state index < -0.39 is 0 Å². The van der Waals surface area contributed by atoms with E-state index in [2.05, 4.69) is 0 Å². The predicted octanol–water partition coefficient (Wildman–Crippen LogP) is 6.61. The Hall–Kier alpha value is -2.75. The molecule has 0 aliphatic rings. The second-order valence-electron chi connectivity index (χ2n) is 6.60. The number of pyridine rings is 1. The first kappa shape index (κ1) is 18.6. The van der Waals surface area contributed by atoms with Gasteiger partial charge in [0.15, 0.2) is 6.29 Å². The van der Waals surface area contributed by atoms with Crippen LogP contribution in [0.2, 0.25) is 10.0 Å². The summed E-state index contributed by atoms with van der Waals surface area (Å²) in [6, 6.07) is 19.2. The van der Waals surface area contributed by atoms with Gasteiger partial charge in [0, 0.05) is 28.9 Å². The molecule has 2 aromatic heterocycles. The second-order valence-corrected chi connectivity index (χ2v) is 7.41. The number of nitrogens with zero attached hydrogens (tertiary/aromatic N) is 1. The molecule has 2 heterocycles. The average Bonchev–Trinajstić information content (AvgIpc) is 3.06. The van der Waals surface area contributed by atoms with Gasteiger partial charge < -0.3 is 9.14 Å². The van der Waals surface area contributed by atoms with Crippen LogP contribution in [0.5, 0.6) is 5.75 Å². The molecule has 0 aliphatic carbocycles. The minimum atomic E-state index is 0.394. The van der Waals surface area contributed by atoms with Crippen LogP contribution in [0.15, 0.2) is 66.9 Å². The largest absolute Gasteiger partial charge is 0.487 e. The summed E-state index contributed by atoms with van der Waals surface area (Å²) < 4.78 is 7.70. The Bertz CT molecular complexity index is 1170. The number of ether oxygens (including phenoxy) is 1. The van der Waals surface area contributed by atoms with E-state index in [-0.39, 0.29) is 0 Å². The summed E-state index contributed by atoms with van der Waals surface area (Å²) in [5, 5.41) is 0.918. The number of aromatic nitrogens is 1. The normalized spacial score (nSPS) is 11.0. The lowest BCUT2D eigenvalue weighted by Gasteiger charge is -2.11. The van der Waals surface area contributed by atoms with E-state index in [0.29, 0.717) is 33.7 Å². The van der Waals surface area contributed by atoms with E-state index >= 15 is 0 Å². The van der Waals surface area contributed by atoms with E-state index in [9.17, 15) is 4.79 Å². The van der Waals surface area contributed by atoms with Gasteiger partial charge in [0.25, 0.3) is 0 Å². The van der Waals surface area contributed by atoms with Crippen molar-refractivity contribution in [3.8, 4) is 16.9 Å². The van der Waals surface area contributed by atoms with Gasteiger partial charge in [-0.15, -0.1) is 0 Å². The molecular weight excluding hydrogens is 393 g/mol. The van der Waals surface area contributed by atoms with Crippen LogP contribution < -0.4 is 4.74 Å². The van der Waals surface area contributed by atoms with Gasteiger partial charge in [-0.05, 0) is 36.2 Å². The summed E-state index contributed by atoms with van der Waals surface area (Å²) in [6.07, 6.45) is 2.77. The van der Waals surface area contributed by atoms with Crippen LogP contribution in [-0.4, -0.2) is 10.7 Å². The first-order valence-electron chi connectivity index (χ1n) is 8.80. The summed E-state index contributed by atoms with van der Waals surface area (Å²) in [6.45, 7) is 2.38. The summed E-state index contributed by atoms with van der Waals surface area (Å²) in [5.74, 6) is 0.506. The summed E-state index contributed by atoms with van der Waals surface area (Å²) in [4.78, 5) is 11.8. The molecule has 0 saturated heterocycles. The van der Waals surface area contributed by atoms with Crippen molar-refractivity contribution in [2.24, 2.45) is 0 Å². The van der Waals surface area contributed by atoms with Crippen molar-refractivity contribution < 1.29 is 9.53 Å². The number of fused-ring (bicyclic) bond motifs is 1. The number of aryl methyl sites for hydroxylation is 1. The maximum atomic E-state index is 11.8. The van der Waals surface area contributed by atoms with Crippen molar-refractivity contribution in [1.82, 2.24) is 4.40 Å². The highest BCUT2D eigenvalue weighted by atomic mass is 35.5. The molecule has 3 nitrogen and oxygen atoms in total. The van der Waals surface area contributed by atoms with Crippen molar-refractivity contribution in [2.45, 2.75) is 13.5 Å². The molecule has 4 rings (SSSR count). The number of benzene rings is 2. The molecule has 0 amide bonds. The van der Waals surface area contributed by atoms with Gasteiger partial charge in [-0.2, -0.15) is 0 Å². The third-order valence-electron chi connectivity index (χ3n) is 4.62. The summed E-state index contributed by atoms with van der Waals surface area (Å²) >= 11 is 13.0. The lowest BCUT2D eigenvalue weighted by atomic mass is 10.1. The third-order valence-corrected chi connectivity index (χ3v) is 5.22. The summed E-state index contributed by atoms with van der Waals surface area (Å²) in [7, 11) is 0. The highest BCUT2D eigenvalue weighted by molar-refractivity contribution is 6.36. The standard InChI is InChI=1S/C23H17Cl2NO2/c1-15-7-8-17-9-19(22(13-27)26(17)12-15)18-10-21(25)23(11-20(18)24)28-14-16-5-3-2-4-6-16/h2-13H,14H2,1H3. The Balaban J connectivity index is 1.72. The van der Waals surface area contributed by atoms with Gasteiger partial charge in [-0.1, -0.05) is 59.6 Å². The van der Waals surface area contributed by atoms with Crippen molar-refractivity contribution in [3.05, 3.63) is 93.7 Å². The number of hydrogen-bond acceptors (Lipinski definition) is 2. The van der Waals surface area contributed by atoms with Gasteiger partial charge in [-0.3, -0.25) is 4.79 Å². The Labute approximate surface area is 173 Å². The Kier molecular flexibility index (Phi) is 5.12. The van der Waals surface area contributed by atoms with Gasteiger partial charge in [0.1, 0.15) is 12.4 Å². The molecule has 2 aromatic carbocycles. The topological polar surface area (TPSA) is 30.7 Å². The van der Waals surface area contributed by atoms with Crippen molar-refractivity contribution in [3.63, 3.8) is 0 Å². The zero-order valence-corrected chi connectivity index (χ0v) is 16.7. The van der Waals surface area contributed by atoms with E-state index in [1.165, 1.54) is 0 Å². The van der Waals surface area contributed by atoms with Crippen LogP contribution in [0.4, 0.5) is 0 Å². The predicted molar refractivity (Wildman–Crippen MR) is 114 cm³/mol. The van der Waals surface area contributed by atoms with Crippen LogP contribution >= 0.6 is 23.2 Å². The Morgan fingerprint density at radius 1 is 0.964 bits per heavy atom. The molecule has 0 radical (unpaired) electrons. The third kappa shape index (κ3) is 3.51. The number of carbonyl (C=O) groups is 1. The molecule has 0 unspecified atom stereocenters. The quantitative estimate of drug-likeness (QED) is 0.347. The van der Waals surface area contributed by atoms with Crippen LogP contribution in [0.3, 0.4) is 0 Å². The minimum absolute atomic E-state index is 0.394. The number of carbonyl (C=O) groups excluding carboxylic acids is 1. The molecule has 0 aliphatic heterocycles. The molecule has 0 N–H and O–H groups in total. The first-order chi connectivity index (χ1) is 13.6. The van der Waals surface area contributed by atoms with Crippen molar-refractivity contribution in [2.75, 3.05) is 0 Å². The van der Waals surface area contributed by atoms with E-state index in [0.717, 1.165) is 28.5 Å². The Morgan fingerprint density at radius 2 is 1.75 bits per heavy atom. The van der Waals surface area contributed by atoms with E-state index in [1.807, 2.05) is 66.1 Å². The molecule has 4 aromatic rings. The SMILES string of the molecule is Cc1ccc2cc(-c3cc(Cl)c(OCc4ccccc4)cc3Cl)c(C=O)n2c1. The number of aldehydes is 1. The van der Waals surface area contributed by atoms with Crippen LogP contribution in [0.25, 0.3) is 16.6 Å². The molecule has 0 saturated carbocycles. The minimum Gasteiger partial charge on any atom is -0.487 e. The molecule has 0 atom stereocenters. The average molecular weight is 410 g/mol. The first-order valence-corrected chi connectivity index (χ1v) is 9.55. The lowest BCUT2D eigenvalue weighted by Crippen LogP contribution is -1.97. The number of halogens is 2. The molecule has 28 heavy (non-hydrogen) atoms. The molecule has 140 valence electrons. The van der Waals surface area contributed by atoms with Gasteiger partial charge in [0.05, 0.1) is 15.7 Å². The van der Waals surface area contributed by atoms with E-state index in [1.54, 1.807) is 12.1 Å². The summed E-state index contributed by atoms with van der Waals surface area (Å²) in [5.41, 5.74) is 4.99. The molecule has 0 spiro atoms. The van der Waals surface area contributed by atoms with Crippen LogP contribution in [0, 0.1) is 6.92 Å². The highest BCUT2D eigenvalue weighted by Gasteiger charge is 2.17. The smallest absolute Gasteiger partial charge is 0.167 e. The fourth-order valence-electron chi connectivity index (χ4n) is 3.21. The highest BCUT2D eigenvalue weighted by Crippen LogP contribution is 2.39. The monoisotopic (exact) mass is 409 g/mol. The fraction of sp³-hybridized carbons (Fsp3) is 0.0870. The molecule has 5 heteroatoms. The zero-order chi connectivity index (χ0) is 19.7. The maximum absolute atomic E-state index is 11.8.